The van der Waals surface area contributed by atoms with Crippen LogP contribution in [0.3, 0.4) is 0 Å². The molecule has 4 aliphatic rings. The number of hydrogen-bond acceptors (Lipinski definition) is 11. The number of benzene rings is 1. The van der Waals surface area contributed by atoms with Crippen molar-refractivity contribution in [2.75, 3.05) is 20.6 Å². The van der Waals surface area contributed by atoms with E-state index in [1.807, 2.05) is 48.8 Å². The number of nitrogens with zero attached hydrogens (tertiary/aromatic N) is 5. The molecule has 2 aromatic heterocycles. The predicted octanol–water partition coefficient (Wildman–Crippen LogP) is 7.11. The number of imidazole rings is 1. The van der Waals surface area contributed by atoms with Crippen molar-refractivity contribution in [3.8, 4) is 16.6 Å². The van der Waals surface area contributed by atoms with Crippen LogP contribution in [0.5, 0.6) is 6.01 Å². The number of fused-ring (bicyclic) bond motifs is 3. The lowest BCUT2D eigenvalue weighted by atomic mass is 9.83. The number of aromatic nitrogens is 3. The van der Waals surface area contributed by atoms with Crippen molar-refractivity contribution in [1.82, 2.24) is 28.5 Å². The number of allylic oxidation sites excluding steroid dienone is 2. The molecule has 2 aliphatic carbocycles. The number of carbonyl (C=O) groups is 4. The quantitative estimate of drug-likeness (QED) is 0.164. The van der Waals surface area contributed by atoms with Crippen molar-refractivity contribution in [1.29, 1.82) is 0 Å². The Morgan fingerprint density at radius 1 is 1.07 bits per heavy atom. The number of rotatable bonds is 10. The van der Waals surface area contributed by atoms with Crippen LogP contribution in [0.25, 0.3) is 21.6 Å². The molecule has 2 amide bonds. The lowest BCUT2D eigenvalue weighted by Gasteiger charge is -2.29. The second kappa shape index (κ2) is 17.3. The Balaban J connectivity index is 1.22. The van der Waals surface area contributed by atoms with Crippen LogP contribution in [0.4, 0.5) is 0 Å². The van der Waals surface area contributed by atoms with E-state index < -0.39 is 51.2 Å². The van der Waals surface area contributed by atoms with Gasteiger partial charge in [0.25, 0.3) is 6.01 Å². The second-order valence-electron chi connectivity index (χ2n) is 18.6. The molecule has 1 saturated heterocycles. The smallest absolute Gasteiger partial charge is 0.307 e. The van der Waals surface area contributed by atoms with Crippen LogP contribution in [0.1, 0.15) is 129 Å². The highest BCUT2D eigenvalue weighted by molar-refractivity contribution is 7.87. The summed E-state index contributed by atoms with van der Waals surface area (Å²) in [5.41, 5.74) is 1.63. The minimum Gasteiger partial charge on any atom is -0.460 e. The van der Waals surface area contributed by atoms with E-state index in [2.05, 4.69) is 10.1 Å². The Hall–Kier alpha value is -4.15. The zero-order chi connectivity index (χ0) is 43.1. The molecular weight excluding hydrogens is 805 g/mol. The van der Waals surface area contributed by atoms with E-state index in [4.69, 9.17) is 19.4 Å². The molecule has 2 saturated carbocycles. The average Bonchev–Trinajstić information content (AvgIpc) is 3.47. The number of esters is 1. The third-order valence-corrected chi connectivity index (χ3v) is 14.7. The Bertz CT molecular complexity index is 2250. The van der Waals surface area contributed by atoms with Crippen LogP contribution in [0.2, 0.25) is 0 Å². The van der Waals surface area contributed by atoms with E-state index in [0.29, 0.717) is 31.2 Å². The third kappa shape index (κ3) is 9.35. The number of ether oxygens (including phenoxy) is 2. The van der Waals surface area contributed by atoms with Gasteiger partial charge in [-0.2, -0.15) is 17.7 Å². The van der Waals surface area contributed by atoms with E-state index >= 15 is 0 Å². The fourth-order valence-corrected chi connectivity index (χ4v) is 10.4. The predicted molar refractivity (Wildman–Crippen MR) is 229 cm³/mol. The molecule has 326 valence electrons. The SMILES string of the molecule is CC(C)n1c(O[C@@H]2C[C@H]3C(=O)C[C@]4(C(=O)NS(=O)(=O)N(C)C)C[C@H]4/C=C\CCCCC[C@H](CC(=O)OC(C)(C)C)C(=O)N3C2)nc2c(-c3nc(C4CCC4)cs3)cccc21. The maximum Gasteiger partial charge on any atom is 0.307 e. The standard InChI is InChI=1S/C44H60N6O8S2/c1-27(2)50-34-20-14-19-32(39-45-33(26-59-39)28-16-13-17-28)38(34)46-42(50)57-31-22-35-36(51)24-44(41(54)47-60(55,56)48(6)7)23-30(44)18-12-10-8-9-11-15-29(40(53)49(35)25-31)21-37(52)58-43(3,4)5/h12,14,18-20,26-31,35H,8-11,13,15-17,21-25H2,1-7H3,(H,47,54)/b18-12-/t29-,30-,31-,35+,44-/m1/s1. The van der Waals surface area contributed by atoms with Crippen LogP contribution >= 0.6 is 11.3 Å². The van der Waals surface area contributed by atoms with Gasteiger partial charge in [-0.25, -0.2) is 9.71 Å². The molecule has 0 radical (unpaired) electrons. The highest BCUT2D eigenvalue weighted by Gasteiger charge is 2.61. The third-order valence-electron chi connectivity index (χ3n) is 12.4. The fraction of sp³-hybridized carbons (Fsp3) is 0.636. The zero-order valence-corrected chi connectivity index (χ0v) is 37.6. The largest absolute Gasteiger partial charge is 0.460 e. The average molecular weight is 865 g/mol. The molecule has 2 aliphatic heterocycles. The highest BCUT2D eigenvalue weighted by atomic mass is 32.2. The van der Waals surface area contributed by atoms with Crippen molar-refractivity contribution in [3.05, 3.63) is 41.4 Å². The van der Waals surface area contributed by atoms with Crippen molar-refractivity contribution < 1.29 is 37.1 Å². The Morgan fingerprint density at radius 2 is 1.83 bits per heavy atom. The molecule has 7 rings (SSSR count). The number of carbonyl (C=O) groups excluding carboxylic acids is 4. The highest BCUT2D eigenvalue weighted by Crippen LogP contribution is 2.57. The van der Waals surface area contributed by atoms with Gasteiger partial charge in [0, 0.05) is 55.8 Å². The second-order valence-corrected chi connectivity index (χ2v) is 21.3. The Kier molecular flexibility index (Phi) is 12.7. The summed E-state index contributed by atoms with van der Waals surface area (Å²) < 4.78 is 43.2. The van der Waals surface area contributed by atoms with Gasteiger partial charge in [-0.3, -0.25) is 23.7 Å². The number of thiazole rings is 1. The molecule has 5 atom stereocenters. The van der Waals surface area contributed by atoms with Gasteiger partial charge >= 0.3 is 16.2 Å². The van der Waals surface area contributed by atoms with Crippen molar-refractivity contribution >= 4 is 56.1 Å². The first-order chi connectivity index (χ1) is 28.4. The van der Waals surface area contributed by atoms with Crippen LogP contribution in [-0.4, -0.2) is 94.1 Å². The van der Waals surface area contributed by atoms with E-state index in [9.17, 15) is 27.6 Å². The molecule has 1 aromatic carbocycles. The minimum absolute atomic E-state index is 0.0490. The van der Waals surface area contributed by atoms with Crippen LogP contribution in [0.15, 0.2) is 35.7 Å². The first kappa shape index (κ1) is 43.9. The number of Topliss-reactive ketones (excluding diaryl/α,β-unsaturated/α-hetero) is 1. The normalized spacial score (nSPS) is 26.2. The van der Waals surface area contributed by atoms with Gasteiger partial charge in [-0.15, -0.1) is 11.3 Å². The molecule has 0 spiro atoms. The van der Waals surface area contributed by atoms with Gasteiger partial charge in [-0.1, -0.05) is 37.5 Å². The maximum absolute atomic E-state index is 14.8. The summed E-state index contributed by atoms with van der Waals surface area (Å²) in [5, 5.41) is 3.04. The van der Waals surface area contributed by atoms with Crippen LogP contribution in [-0.2, 0) is 34.1 Å². The summed E-state index contributed by atoms with van der Waals surface area (Å²) in [4.78, 5) is 68.2. The molecule has 3 fully saturated rings. The molecular formula is C44H60N6O8S2. The number of amides is 2. The number of para-hydroxylation sites is 1. The van der Waals surface area contributed by atoms with Gasteiger partial charge in [-0.05, 0) is 91.2 Å². The maximum atomic E-state index is 14.8. The lowest BCUT2D eigenvalue weighted by molar-refractivity contribution is -0.159. The summed E-state index contributed by atoms with van der Waals surface area (Å²) in [6.45, 7) is 9.51. The first-order valence-electron chi connectivity index (χ1n) is 21.5. The number of nitrogens with one attached hydrogen (secondary N) is 1. The number of hydrogen-bond donors (Lipinski definition) is 1. The molecule has 16 heteroatoms. The molecule has 3 aromatic rings. The van der Waals surface area contributed by atoms with Crippen molar-refractivity contribution in [3.63, 3.8) is 0 Å². The summed E-state index contributed by atoms with van der Waals surface area (Å²) in [6, 6.07) is 5.36. The Labute approximate surface area is 357 Å². The number of ketones is 1. The fourth-order valence-electron chi connectivity index (χ4n) is 8.82. The van der Waals surface area contributed by atoms with Gasteiger partial charge in [0.2, 0.25) is 11.8 Å². The van der Waals surface area contributed by atoms with Gasteiger partial charge in [0.05, 0.1) is 35.6 Å². The molecule has 0 unspecified atom stereocenters. The molecule has 1 N–H and O–H groups in total. The molecule has 4 heterocycles. The van der Waals surface area contributed by atoms with Gasteiger partial charge in [0.1, 0.15) is 22.2 Å². The van der Waals surface area contributed by atoms with E-state index in [1.165, 1.54) is 25.4 Å². The molecule has 0 bridgehead atoms. The molecule has 60 heavy (non-hydrogen) atoms. The van der Waals surface area contributed by atoms with Gasteiger partial charge in [0.15, 0.2) is 5.78 Å². The summed E-state index contributed by atoms with van der Waals surface area (Å²) >= 11 is 1.61. The minimum atomic E-state index is -4.13. The van der Waals surface area contributed by atoms with Gasteiger partial charge < -0.3 is 14.4 Å². The zero-order valence-electron chi connectivity index (χ0n) is 35.9. The van der Waals surface area contributed by atoms with Crippen LogP contribution < -0.4 is 9.46 Å². The Morgan fingerprint density at radius 3 is 2.52 bits per heavy atom. The van der Waals surface area contributed by atoms with Crippen LogP contribution in [0, 0.1) is 17.3 Å². The summed E-state index contributed by atoms with van der Waals surface area (Å²) in [6.07, 6.45) is 10.3. The van der Waals surface area contributed by atoms with E-state index in [-0.39, 0.29) is 49.5 Å². The molecule has 14 nitrogen and oxygen atoms in total. The monoisotopic (exact) mass is 864 g/mol. The van der Waals surface area contributed by atoms with E-state index in [0.717, 1.165) is 63.7 Å². The first-order valence-corrected chi connectivity index (χ1v) is 23.8. The lowest BCUT2D eigenvalue weighted by Crippen LogP contribution is -2.47. The van der Waals surface area contributed by atoms with E-state index in [1.54, 1.807) is 32.1 Å². The van der Waals surface area contributed by atoms with Crippen molar-refractivity contribution in [2.45, 2.75) is 141 Å². The summed E-state index contributed by atoms with van der Waals surface area (Å²) in [5.74, 6) is -2.51. The summed E-state index contributed by atoms with van der Waals surface area (Å²) in [7, 11) is -1.47. The topological polar surface area (TPSA) is 170 Å². The van der Waals surface area contributed by atoms with Crippen molar-refractivity contribution in [2.24, 2.45) is 17.3 Å².